The Morgan fingerprint density at radius 2 is 1.35 bits per heavy atom. The van der Waals surface area contributed by atoms with Crippen molar-refractivity contribution in [2.45, 2.75) is 109 Å². The Hall–Kier alpha value is -7.79. The number of methoxy groups -OCH3 is 2. The molecule has 0 saturated carbocycles. The third-order valence-corrected chi connectivity index (χ3v) is 16.3. The van der Waals surface area contributed by atoms with Gasteiger partial charge in [-0.3, -0.25) is 4.79 Å². The van der Waals surface area contributed by atoms with Crippen LogP contribution in [0.15, 0.2) is 152 Å². The molecule has 80 heavy (non-hydrogen) atoms. The van der Waals surface area contributed by atoms with E-state index in [1.165, 1.54) is 51.2 Å². The van der Waals surface area contributed by atoms with Gasteiger partial charge in [-0.05, 0) is 148 Å². The molecule has 0 radical (unpaired) electrons. The van der Waals surface area contributed by atoms with Gasteiger partial charge in [0.15, 0.2) is 5.60 Å². The minimum Gasteiger partial charge on any atom is -0.497 e. The van der Waals surface area contributed by atoms with Gasteiger partial charge in [-0.2, -0.15) is 26.3 Å². The largest absolute Gasteiger partial charge is 0.497 e. The molecule has 1 amide bonds. The highest BCUT2D eigenvalue weighted by molar-refractivity contribution is 6.11. The molecule has 1 heterocycles. The number of rotatable bonds is 17. The van der Waals surface area contributed by atoms with Gasteiger partial charge in [-0.1, -0.05) is 157 Å². The van der Waals surface area contributed by atoms with Crippen LogP contribution in [0.25, 0.3) is 50.2 Å². The molecule has 0 saturated heterocycles. The highest BCUT2D eigenvalue weighted by atomic mass is 19.4. The van der Waals surface area contributed by atoms with Gasteiger partial charge in [0.1, 0.15) is 17.2 Å². The van der Waals surface area contributed by atoms with Crippen LogP contribution in [0.5, 0.6) is 17.2 Å². The number of hydrogen-bond donors (Lipinski definition) is 1. The smallest absolute Gasteiger partial charge is 0.416 e. The SMILES string of the molecule is CCCCCC(CCC)CCc1ccc(C(=O)Nc2ccc(-c3ccc(-c4cc5c6c(c7c(c5cc4OC)OC(c4ccccc4)(c4ccc(OC)cc4)C=C7)C(C)(C)c4c-6cc(C(F)(F)F)cc4C(F)(F)F)c(C)c3)cc2)cc1. The van der Waals surface area contributed by atoms with E-state index in [1.54, 1.807) is 27.0 Å². The second-order valence-electron chi connectivity index (χ2n) is 21.9. The van der Waals surface area contributed by atoms with Crippen LogP contribution in [0.3, 0.4) is 0 Å². The predicted molar refractivity (Wildman–Crippen MR) is 309 cm³/mol. The Kier molecular flexibility index (Phi) is 15.3. The first kappa shape index (κ1) is 55.5. The summed E-state index contributed by atoms with van der Waals surface area (Å²) in [6, 6.07) is 43.0. The molecule has 8 aromatic rings. The van der Waals surface area contributed by atoms with E-state index >= 15 is 13.2 Å². The number of nitrogens with one attached hydrogen (secondary N) is 1. The summed E-state index contributed by atoms with van der Waals surface area (Å²) in [5.41, 5.74) is 3.09. The molecule has 8 aromatic carbocycles. The summed E-state index contributed by atoms with van der Waals surface area (Å²) in [4.78, 5) is 13.4. The van der Waals surface area contributed by atoms with Crippen LogP contribution in [-0.2, 0) is 29.8 Å². The van der Waals surface area contributed by atoms with Crippen LogP contribution in [0, 0.1) is 12.8 Å². The lowest BCUT2D eigenvalue weighted by Gasteiger charge is -2.38. The number of carbonyl (C=O) groups is 1. The van der Waals surface area contributed by atoms with E-state index < -0.39 is 34.5 Å². The monoisotopic (exact) mass is 1090 g/mol. The minimum atomic E-state index is -5.12. The van der Waals surface area contributed by atoms with Gasteiger partial charge < -0.3 is 19.5 Å². The lowest BCUT2D eigenvalue weighted by atomic mass is 9.75. The van der Waals surface area contributed by atoms with Crippen LogP contribution in [-0.4, -0.2) is 20.1 Å². The Morgan fingerprint density at radius 3 is 1.99 bits per heavy atom. The van der Waals surface area contributed by atoms with Crippen LogP contribution < -0.4 is 19.5 Å². The number of anilines is 1. The summed E-state index contributed by atoms with van der Waals surface area (Å²) in [5.74, 6) is 1.89. The molecule has 2 unspecified atom stereocenters. The van der Waals surface area contributed by atoms with E-state index in [1.807, 2.05) is 134 Å². The second-order valence-corrected chi connectivity index (χ2v) is 21.9. The number of carbonyl (C=O) groups excluding carboxylic acids is 1. The molecule has 11 heteroatoms. The first-order chi connectivity index (χ1) is 38.3. The quantitative estimate of drug-likeness (QED) is 0.0729. The van der Waals surface area contributed by atoms with Crippen molar-refractivity contribution in [2.75, 3.05) is 19.5 Å². The number of unbranched alkanes of at least 4 members (excludes halogenated alkanes) is 2. The van der Waals surface area contributed by atoms with Gasteiger partial charge in [0, 0.05) is 44.3 Å². The van der Waals surface area contributed by atoms with E-state index in [2.05, 4.69) is 31.3 Å². The maximum Gasteiger partial charge on any atom is 0.416 e. The van der Waals surface area contributed by atoms with Crippen molar-refractivity contribution in [3.05, 3.63) is 207 Å². The van der Waals surface area contributed by atoms with Crippen molar-refractivity contribution in [1.29, 1.82) is 0 Å². The van der Waals surface area contributed by atoms with E-state index in [-0.39, 0.29) is 28.7 Å². The zero-order valence-corrected chi connectivity index (χ0v) is 46.1. The van der Waals surface area contributed by atoms with E-state index in [0.29, 0.717) is 56.0 Å². The summed E-state index contributed by atoms with van der Waals surface area (Å²) in [6.45, 7) is 9.70. The lowest BCUT2D eigenvalue weighted by molar-refractivity contribution is -0.143. The number of hydrogen-bond acceptors (Lipinski definition) is 4. The standard InChI is InChI=1S/C69H65F6NO4/c1-8-10-12-16-43(15-9-2)19-20-44-21-23-46(24-22-44)65(77)76-51-30-25-45(26-31-51)47-27-34-53(42(3)37-47)55-40-56-57(41-60(55)79-7)64-54(35-36-67(80-64,48-17-13-11-14-18-48)49-28-32-52(78-6)33-29-49)63-61(56)58-38-50(68(70,71)72)39-59(69(73,74)75)62(58)66(63,4)5/h11,13-14,17-18,21-41,43H,8-10,12,15-16,19-20H2,1-7H3,(H,76,77). The molecule has 0 bridgehead atoms. The number of aryl methyl sites for hydroxylation is 2. The number of amides is 1. The fourth-order valence-corrected chi connectivity index (χ4v) is 12.3. The van der Waals surface area contributed by atoms with Crippen LogP contribution in [0.2, 0.25) is 0 Å². The van der Waals surface area contributed by atoms with Crippen molar-refractivity contribution < 1.29 is 45.3 Å². The molecule has 1 aliphatic heterocycles. The highest BCUT2D eigenvalue weighted by Crippen LogP contribution is 2.62. The fraction of sp³-hybridized carbons (Fsp3) is 0.290. The Labute approximate surface area is 464 Å². The number of alkyl halides is 6. The highest BCUT2D eigenvalue weighted by Gasteiger charge is 2.50. The average Bonchev–Trinajstić information content (AvgIpc) is 3.97. The molecule has 412 valence electrons. The van der Waals surface area contributed by atoms with Crippen molar-refractivity contribution in [2.24, 2.45) is 5.92 Å². The van der Waals surface area contributed by atoms with Gasteiger partial charge >= 0.3 is 12.4 Å². The number of fused-ring (bicyclic) bond motifs is 8. The first-order valence-corrected chi connectivity index (χ1v) is 27.5. The zero-order valence-electron chi connectivity index (χ0n) is 46.1. The van der Waals surface area contributed by atoms with E-state index in [0.717, 1.165) is 58.2 Å². The molecule has 1 N–H and O–H groups in total. The maximum absolute atomic E-state index is 15.3. The summed E-state index contributed by atoms with van der Waals surface area (Å²) < 4.78 is 109. The van der Waals surface area contributed by atoms with Crippen LogP contribution in [0.4, 0.5) is 32.0 Å². The molecule has 0 fully saturated rings. The second kappa shape index (κ2) is 22.0. The number of halogens is 6. The van der Waals surface area contributed by atoms with Gasteiger partial charge in [-0.15, -0.1) is 0 Å². The Bertz CT molecular complexity index is 3620. The predicted octanol–water partition coefficient (Wildman–Crippen LogP) is 19.4. The average molecular weight is 1090 g/mol. The molecule has 0 spiro atoms. The van der Waals surface area contributed by atoms with Gasteiger partial charge in [0.2, 0.25) is 0 Å². The zero-order chi connectivity index (χ0) is 56.7. The minimum absolute atomic E-state index is 0.150. The lowest BCUT2D eigenvalue weighted by Crippen LogP contribution is -2.35. The normalized spacial score (nSPS) is 15.7. The molecule has 2 aliphatic rings. The van der Waals surface area contributed by atoms with Crippen molar-refractivity contribution in [3.8, 4) is 50.6 Å². The van der Waals surface area contributed by atoms with Crippen molar-refractivity contribution >= 4 is 28.4 Å². The summed E-state index contributed by atoms with van der Waals surface area (Å²) in [6.07, 6.45) is 3.13. The van der Waals surface area contributed by atoms with Crippen molar-refractivity contribution in [3.63, 3.8) is 0 Å². The molecular weight excluding hydrogens is 1020 g/mol. The Balaban J connectivity index is 1.03. The Morgan fingerprint density at radius 1 is 0.650 bits per heavy atom. The van der Waals surface area contributed by atoms with Gasteiger partial charge in [0.05, 0.1) is 25.3 Å². The van der Waals surface area contributed by atoms with Crippen LogP contribution in [0.1, 0.15) is 133 Å². The molecular formula is C69H65F6NO4. The molecule has 1 aliphatic carbocycles. The molecule has 0 aromatic heterocycles. The molecule has 2 atom stereocenters. The van der Waals surface area contributed by atoms with Crippen LogP contribution >= 0.6 is 0 Å². The topological polar surface area (TPSA) is 56.8 Å². The summed E-state index contributed by atoms with van der Waals surface area (Å²) in [5, 5.41) is 3.87. The molecule has 5 nitrogen and oxygen atoms in total. The first-order valence-electron chi connectivity index (χ1n) is 27.5. The fourth-order valence-electron chi connectivity index (χ4n) is 12.3. The third kappa shape index (κ3) is 10.5. The maximum atomic E-state index is 15.3. The van der Waals surface area contributed by atoms with E-state index in [9.17, 15) is 18.0 Å². The van der Waals surface area contributed by atoms with Crippen molar-refractivity contribution in [1.82, 2.24) is 0 Å². The number of benzene rings is 8. The molecule has 10 rings (SSSR count). The van der Waals surface area contributed by atoms with Gasteiger partial charge in [-0.25, -0.2) is 0 Å². The third-order valence-electron chi connectivity index (χ3n) is 16.3. The number of ether oxygens (including phenoxy) is 3. The van der Waals surface area contributed by atoms with E-state index in [4.69, 9.17) is 14.2 Å². The summed E-state index contributed by atoms with van der Waals surface area (Å²) >= 11 is 0. The van der Waals surface area contributed by atoms with Gasteiger partial charge in [0.25, 0.3) is 5.91 Å². The summed E-state index contributed by atoms with van der Waals surface area (Å²) in [7, 11) is 3.10.